The third-order valence-electron chi connectivity index (χ3n) is 3.48. The number of morpholine rings is 1. The highest BCUT2D eigenvalue weighted by Crippen LogP contribution is 2.17. The van der Waals surface area contributed by atoms with Gasteiger partial charge in [-0.15, -0.1) is 0 Å². The summed E-state index contributed by atoms with van der Waals surface area (Å²) in [5.74, 6) is 0.0590. The number of nitrogens with one attached hydrogen (secondary N) is 1. The number of hydrogen-bond acceptors (Lipinski definition) is 5. The first-order valence-corrected chi connectivity index (χ1v) is 7.35. The molecule has 1 aromatic carbocycles. The molecule has 0 aliphatic carbocycles. The highest BCUT2D eigenvalue weighted by Gasteiger charge is 2.09. The molecular weight excluding hydrogens is 292 g/mol. The second-order valence-electron chi connectivity index (χ2n) is 4.92. The van der Waals surface area contributed by atoms with Crippen molar-refractivity contribution in [1.82, 2.24) is 10.2 Å². The molecule has 1 aromatic rings. The van der Waals surface area contributed by atoms with Crippen molar-refractivity contribution in [3.05, 3.63) is 34.3 Å². The van der Waals surface area contributed by atoms with Crippen LogP contribution >= 0.6 is 11.6 Å². The minimum atomic E-state index is 0.0590. The summed E-state index contributed by atoms with van der Waals surface area (Å²) in [5, 5.41) is 15.6. The maximum absolute atomic E-state index is 8.64. The first kappa shape index (κ1) is 16.0. The number of rotatable bonds is 6. The molecule has 1 heterocycles. The zero-order valence-corrected chi connectivity index (χ0v) is 12.6. The first-order chi connectivity index (χ1) is 10.2. The van der Waals surface area contributed by atoms with Crippen molar-refractivity contribution in [2.75, 3.05) is 39.4 Å². The Hall–Kier alpha value is -1.34. The van der Waals surface area contributed by atoms with Crippen LogP contribution in [0, 0.1) is 0 Å². The zero-order valence-electron chi connectivity index (χ0n) is 11.9. The van der Waals surface area contributed by atoms with Crippen LogP contribution in [0.2, 0.25) is 5.02 Å². The van der Waals surface area contributed by atoms with Gasteiger partial charge in [0.05, 0.1) is 13.2 Å². The first-order valence-electron chi connectivity index (χ1n) is 6.98. The largest absolute Gasteiger partial charge is 0.409 e. The molecular formula is C14H21ClN4O2. The van der Waals surface area contributed by atoms with Crippen molar-refractivity contribution in [1.29, 1.82) is 0 Å². The SMILES string of the molecule is N/C(=N/O)c1ccc(CNCCN2CCOCC2)c(Cl)c1. The molecule has 21 heavy (non-hydrogen) atoms. The molecule has 1 fully saturated rings. The quantitative estimate of drug-likeness (QED) is 0.238. The van der Waals surface area contributed by atoms with Gasteiger partial charge in [0.2, 0.25) is 0 Å². The van der Waals surface area contributed by atoms with E-state index in [0.717, 1.165) is 45.0 Å². The Bertz CT molecular complexity index is 490. The van der Waals surface area contributed by atoms with E-state index >= 15 is 0 Å². The highest BCUT2D eigenvalue weighted by atomic mass is 35.5. The summed E-state index contributed by atoms with van der Waals surface area (Å²) in [5.41, 5.74) is 7.13. The number of benzene rings is 1. The van der Waals surface area contributed by atoms with Gasteiger partial charge < -0.3 is 21.0 Å². The van der Waals surface area contributed by atoms with E-state index in [1.807, 2.05) is 6.07 Å². The summed E-state index contributed by atoms with van der Waals surface area (Å²) in [4.78, 5) is 2.37. The van der Waals surface area contributed by atoms with E-state index in [0.29, 0.717) is 17.1 Å². The standard InChI is InChI=1S/C14H21ClN4O2/c15-13-9-11(14(16)18-20)1-2-12(13)10-17-3-4-19-5-7-21-8-6-19/h1-2,9,17,20H,3-8,10H2,(H2,16,18). The van der Waals surface area contributed by atoms with Gasteiger partial charge in [-0.2, -0.15) is 0 Å². The van der Waals surface area contributed by atoms with Crippen LogP contribution in [0.4, 0.5) is 0 Å². The molecule has 116 valence electrons. The van der Waals surface area contributed by atoms with Crippen LogP contribution in [0.25, 0.3) is 0 Å². The molecule has 6 nitrogen and oxygen atoms in total. The maximum Gasteiger partial charge on any atom is 0.170 e. The third kappa shape index (κ3) is 4.86. The monoisotopic (exact) mass is 312 g/mol. The van der Waals surface area contributed by atoms with Crippen molar-refractivity contribution in [2.45, 2.75) is 6.54 Å². The van der Waals surface area contributed by atoms with E-state index in [4.69, 9.17) is 27.3 Å². The molecule has 0 unspecified atom stereocenters. The fourth-order valence-corrected chi connectivity index (χ4v) is 2.44. The smallest absolute Gasteiger partial charge is 0.170 e. The van der Waals surface area contributed by atoms with Crippen LogP contribution in [0.5, 0.6) is 0 Å². The second kappa shape index (κ2) is 8.19. The molecule has 7 heteroatoms. The van der Waals surface area contributed by atoms with Gasteiger partial charge in [-0.25, -0.2) is 0 Å². The van der Waals surface area contributed by atoms with E-state index in [2.05, 4.69) is 15.4 Å². The van der Waals surface area contributed by atoms with E-state index in [1.54, 1.807) is 12.1 Å². The Labute approximate surface area is 129 Å². The Morgan fingerprint density at radius 2 is 2.19 bits per heavy atom. The van der Waals surface area contributed by atoms with Gasteiger partial charge in [-0.3, -0.25) is 4.90 Å². The lowest BCUT2D eigenvalue weighted by Gasteiger charge is -2.26. The minimum Gasteiger partial charge on any atom is -0.409 e. The predicted octanol–water partition coefficient (Wildman–Crippen LogP) is 0.856. The van der Waals surface area contributed by atoms with E-state index < -0.39 is 0 Å². The summed E-state index contributed by atoms with van der Waals surface area (Å²) >= 11 is 6.20. The van der Waals surface area contributed by atoms with E-state index in [9.17, 15) is 0 Å². The van der Waals surface area contributed by atoms with Gasteiger partial charge in [0, 0.05) is 43.3 Å². The zero-order chi connectivity index (χ0) is 15.1. The van der Waals surface area contributed by atoms with Crippen molar-refractivity contribution in [3.63, 3.8) is 0 Å². The topological polar surface area (TPSA) is 83.1 Å². The van der Waals surface area contributed by atoms with Crippen molar-refractivity contribution >= 4 is 17.4 Å². The van der Waals surface area contributed by atoms with Gasteiger partial charge in [-0.05, 0) is 11.6 Å². The molecule has 0 aromatic heterocycles. The lowest BCUT2D eigenvalue weighted by Crippen LogP contribution is -2.40. The van der Waals surface area contributed by atoms with Crippen molar-refractivity contribution in [2.24, 2.45) is 10.9 Å². The molecule has 1 aliphatic rings. The summed E-state index contributed by atoms with van der Waals surface area (Å²) in [6.45, 7) is 6.23. The molecule has 0 saturated carbocycles. The van der Waals surface area contributed by atoms with Crippen LogP contribution < -0.4 is 11.1 Å². The number of halogens is 1. The van der Waals surface area contributed by atoms with Crippen LogP contribution in [0.15, 0.2) is 23.4 Å². The van der Waals surface area contributed by atoms with Crippen LogP contribution in [0.3, 0.4) is 0 Å². The van der Waals surface area contributed by atoms with E-state index in [1.165, 1.54) is 0 Å². The number of ether oxygens (including phenoxy) is 1. The highest BCUT2D eigenvalue weighted by molar-refractivity contribution is 6.31. The second-order valence-corrected chi connectivity index (χ2v) is 5.33. The Morgan fingerprint density at radius 3 is 2.86 bits per heavy atom. The Kier molecular flexibility index (Phi) is 6.25. The predicted molar refractivity (Wildman–Crippen MR) is 82.9 cm³/mol. The molecule has 0 amide bonds. The molecule has 1 aliphatic heterocycles. The number of nitrogens with two attached hydrogens (primary N) is 1. The van der Waals surface area contributed by atoms with Gasteiger partial charge >= 0.3 is 0 Å². The number of amidine groups is 1. The van der Waals surface area contributed by atoms with Gasteiger partial charge in [0.25, 0.3) is 0 Å². The van der Waals surface area contributed by atoms with Crippen LogP contribution in [0.1, 0.15) is 11.1 Å². The lowest BCUT2D eigenvalue weighted by atomic mass is 10.1. The normalized spacial score (nSPS) is 17.1. The molecule has 0 spiro atoms. The fraction of sp³-hybridized carbons (Fsp3) is 0.500. The molecule has 0 radical (unpaired) electrons. The molecule has 4 N–H and O–H groups in total. The van der Waals surface area contributed by atoms with Crippen molar-refractivity contribution < 1.29 is 9.94 Å². The Morgan fingerprint density at radius 1 is 1.43 bits per heavy atom. The van der Waals surface area contributed by atoms with E-state index in [-0.39, 0.29) is 5.84 Å². The summed E-state index contributed by atoms with van der Waals surface area (Å²) in [6, 6.07) is 5.38. The summed E-state index contributed by atoms with van der Waals surface area (Å²) in [6.07, 6.45) is 0. The number of oxime groups is 1. The lowest BCUT2D eigenvalue weighted by molar-refractivity contribution is 0.0384. The third-order valence-corrected chi connectivity index (χ3v) is 3.83. The molecule has 0 atom stereocenters. The number of nitrogens with zero attached hydrogens (tertiary/aromatic N) is 2. The number of hydrogen-bond donors (Lipinski definition) is 3. The van der Waals surface area contributed by atoms with Crippen LogP contribution in [-0.4, -0.2) is 55.3 Å². The van der Waals surface area contributed by atoms with Gasteiger partial charge in [0.15, 0.2) is 5.84 Å². The maximum atomic E-state index is 8.64. The average Bonchev–Trinajstić information content (AvgIpc) is 2.53. The molecule has 2 rings (SSSR count). The molecule has 0 bridgehead atoms. The minimum absolute atomic E-state index is 0.0590. The van der Waals surface area contributed by atoms with Crippen LogP contribution in [-0.2, 0) is 11.3 Å². The average molecular weight is 313 g/mol. The summed E-state index contributed by atoms with van der Waals surface area (Å²) in [7, 11) is 0. The summed E-state index contributed by atoms with van der Waals surface area (Å²) < 4.78 is 5.31. The Balaban J connectivity index is 1.77. The molecule has 1 saturated heterocycles. The fourth-order valence-electron chi connectivity index (χ4n) is 2.19. The van der Waals surface area contributed by atoms with Crippen molar-refractivity contribution in [3.8, 4) is 0 Å². The van der Waals surface area contributed by atoms with Gasteiger partial charge in [-0.1, -0.05) is 28.9 Å². The van der Waals surface area contributed by atoms with Gasteiger partial charge in [0.1, 0.15) is 0 Å².